The first-order valence-corrected chi connectivity index (χ1v) is 7.07. The van der Waals surface area contributed by atoms with Crippen LogP contribution in [0, 0.1) is 10.8 Å². The summed E-state index contributed by atoms with van der Waals surface area (Å²) in [5.41, 5.74) is 0.883. The van der Waals surface area contributed by atoms with Gasteiger partial charge in [0.2, 0.25) is 0 Å². The summed E-state index contributed by atoms with van der Waals surface area (Å²) in [6.45, 7) is 2.18. The van der Waals surface area contributed by atoms with E-state index in [1.807, 2.05) is 0 Å². The van der Waals surface area contributed by atoms with Crippen LogP contribution < -0.4 is 10.6 Å². The Hall–Kier alpha value is -2.35. The third kappa shape index (κ3) is 4.32. The smallest absolute Gasteiger partial charge is 0.411 e. The molecule has 0 unspecified atom stereocenters. The second-order valence-electron chi connectivity index (χ2n) is 5.06. The summed E-state index contributed by atoms with van der Waals surface area (Å²) in [7, 11) is 1.24. The van der Waals surface area contributed by atoms with Crippen LogP contribution in [0.5, 0.6) is 0 Å². The van der Waals surface area contributed by atoms with Gasteiger partial charge in [0.05, 0.1) is 17.7 Å². The zero-order valence-corrected chi connectivity index (χ0v) is 12.4. The molecule has 0 aliphatic carbocycles. The zero-order valence-electron chi connectivity index (χ0n) is 12.4. The highest BCUT2D eigenvalue weighted by atomic mass is 16.6. The molecule has 8 heteroatoms. The highest BCUT2D eigenvalue weighted by molar-refractivity contribution is 5.86. The van der Waals surface area contributed by atoms with Crippen molar-refractivity contribution in [2.75, 3.05) is 37.5 Å². The molecular formula is C14H20N3O5+. The van der Waals surface area contributed by atoms with E-state index in [-0.39, 0.29) is 10.6 Å². The lowest BCUT2D eigenvalue weighted by molar-refractivity contribution is -0.729. The zero-order chi connectivity index (χ0) is 15.9. The van der Waals surface area contributed by atoms with Crippen LogP contribution in [-0.2, 0) is 9.47 Å². The Morgan fingerprint density at radius 2 is 2.18 bits per heavy atom. The first-order chi connectivity index (χ1) is 10.6. The first kappa shape index (κ1) is 16.0. The number of anilines is 2. The van der Waals surface area contributed by atoms with Crippen molar-refractivity contribution in [1.29, 1.82) is 0 Å². The predicted octanol–water partition coefficient (Wildman–Crippen LogP) is 2.50. The fourth-order valence-corrected chi connectivity index (χ4v) is 2.29. The molecule has 1 amide bonds. The van der Waals surface area contributed by atoms with Gasteiger partial charge >= 0.3 is 11.8 Å². The molecule has 0 spiro atoms. The summed E-state index contributed by atoms with van der Waals surface area (Å²) in [5.74, 6) is 0.466. The first-order valence-electron chi connectivity index (χ1n) is 7.07. The second kappa shape index (κ2) is 7.60. The number of carbonyl (C=O) groups is 1. The fourth-order valence-electron chi connectivity index (χ4n) is 2.29. The van der Waals surface area contributed by atoms with Gasteiger partial charge in [0.25, 0.3) is 4.92 Å². The van der Waals surface area contributed by atoms with Crippen molar-refractivity contribution in [2.45, 2.75) is 12.8 Å². The van der Waals surface area contributed by atoms with Crippen LogP contribution in [-0.4, -0.2) is 43.1 Å². The molecule has 0 saturated carbocycles. The van der Waals surface area contributed by atoms with Gasteiger partial charge in [0.1, 0.15) is 5.69 Å². The molecule has 0 aromatic heterocycles. The lowest BCUT2D eigenvalue weighted by atomic mass is 10.0. The maximum atomic E-state index is 11.3. The highest BCUT2D eigenvalue weighted by Crippen LogP contribution is 2.28. The van der Waals surface area contributed by atoms with Crippen LogP contribution in [0.1, 0.15) is 12.8 Å². The van der Waals surface area contributed by atoms with Crippen LogP contribution in [0.15, 0.2) is 18.2 Å². The number of nitrogens with zero attached hydrogens (tertiary/aromatic N) is 1. The molecule has 1 aliphatic rings. The molecular weight excluding hydrogens is 290 g/mol. The maximum Gasteiger partial charge on any atom is 0.411 e. The number of rotatable bonds is 5. The number of carbonyl (C=O) groups excluding carboxylic acids is 1. The minimum atomic E-state index is -0.649. The van der Waals surface area contributed by atoms with Crippen molar-refractivity contribution in [2.24, 2.45) is 5.92 Å². The lowest BCUT2D eigenvalue weighted by Gasteiger charge is -2.22. The summed E-state index contributed by atoms with van der Waals surface area (Å²) in [6, 6.07) is 4.62. The van der Waals surface area contributed by atoms with E-state index < -0.39 is 6.09 Å². The number of hydrogen-bond acceptors (Lipinski definition) is 5. The number of hydrogen-bond donors (Lipinski definition) is 3. The van der Waals surface area contributed by atoms with E-state index in [9.17, 15) is 14.9 Å². The molecule has 0 bridgehead atoms. The van der Waals surface area contributed by atoms with Crippen molar-refractivity contribution in [3.63, 3.8) is 0 Å². The van der Waals surface area contributed by atoms with Gasteiger partial charge in [-0.05, 0) is 30.9 Å². The van der Waals surface area contributed by atoms with E-state index in [0.29, 0.717) is 23.8 Å². The number of nitrogens with one attached hydrogen (secondary N) is 2. The summed E-state index contributed by atoms with van der Waals surface area (Å²) < 4.78 is 9.78. The molecule has 2 rings (SSSR count). The van der Waals surface area contributed by atoms with Gasteiger partial charge in [-0.15, -0.1) is 0 Å². The molecule has 1 fully saturated rings. The van der Waals surface area contributed by atoms with Gasteiger partial charge in [-0.3, -0.25) is 5.32 Å². The van der Waals surface area contributed by atoms with Crippen LogP contribution >= 0.6 is 0 Å². The Morgan fingerprint density at radius 1 is 1.45 bits per heavy atom. The maximum absolute atomic E-state index is 11.3. The van der Waals surface area contributed by atoms with Crippen LogP contribution in [0.4, 0.5) is 21.9 Å². The number of amides is 1. The SMILES string of the molecule is COC(=O)Nc1ccc(NCC2CCOCC2)c([N+](=O)O)c1. The molecule has 22 heavy (non-hydrogen) atoms. The largest absolute Gasteiger partial charge is 0.453 e. The van der Waals surface area contributed by atoms with E-state index in [1.54, 1.807) is 12.1 Å². The van der Waals surface area contributed by atoms with Crippen molar-refractivity contribution in [3.05, 3.63) is 23.1 Å². The lowest BCUT2D eigenvalue weighted by Crippen LogP contribution is -2.23. The molecule has 1 aliphatic heterocycles. The van der Waals surface area contributed by atoms with Crippen molar-refractivity contribution in [1.82, 2.24) is 0 Å². The third-order valence-electron chi connectivity index (χ3n) is 3.56. The summed E-state index contributed by atoms with van der Waals surface area (Å²) in [5, 5.41) is 14.8. The van der Waals surface area contributed by atoms with E-state index in [0.717, 1.165) is 26.1 Å². The molecule has 1 saturated heterocycles. The molecule has 0 atom stereocenters. The fraction of sp³-hybridized carbons (Fsp3) is 0.500. The third-order valence-corrected chi connectivity index (χ3v) is 3.56. The van der Waals surface area contributed by atoms with Crippen LogP contribution in [0.25, 0.3) is 0 Å². The van der Waals surface area contributed by atoms with Gasteiger partial charge in [-0.1, -0.05) is 0 Å². The normalized spacial score (nSPS) is 15.1. The van der Waals surface area contributed by atoms with E-state index in [4.69, 9.17) is 4.74 Å². The Morgan fingerprint density at radius 3 is 2.82 bits per heavy atom. The van der Waals surface area contributed by atoms with E-state index in [2.05, 4.69) is 15.4 Å². The number of ether oxygens (including phenoxy) is 2. The van der Waals surface area contributed by atoms with Gasteiger partial charge in [-0.25, -0.2) is 10.0 Å². The van der Waals surface area contributed by atoms with Gasteiger partial charge in [0, 0.05) is 25.8 Å². The van der Waals surface area contributed by atoms with Crippen LogP contribution in [0.2, 0.25) is 0 Å². The molecule has 1 aromatic rings. The van der Waals surface area contributed by atoms with E-state index in [1.165, 1.54) is 13.2 Å². The molecule has 120 valence electrons. The van der Waals surface area contributed by atoms with Crippen molar-refractivity contribution < 1.29 is 24.4 Å². The Balaban J connectivity index is 2.05. The predicted molar refractivity (Wildman–Crippen MR) is 79.6 cm³/mol. The second-order valence-corrected chi connectivity index (χ2v) is 5.06. The van der Waals surface area contributed by atoms with Gasteiger partial charge in [0.15, 0.2) is 0 Å². The minimum absolute atomic E-state index is 0.0287. The van der Waals surface area contributed by atoms with Crippen molar-refractivity contribution >= 4 is 23.2 Å². The molecule has 8 nitrogen and oxygen atoms in total. The minimum Gasteiger partial charge on any atom is -0.453 e. The van der Waals surface area contributed by atoms with Gasteiger partial charge in [-0.2, -0.15) is 0 Å². The van der Waals surface area contributed by atoms with Crippen LogP contribution in [0.3, 0.4) is 0 Å². The Kier molecular flexibility index (Phi) is 5.54. The van der Waals surface area contributed by atoms with Crippen molar-refractivity contribution in [3.8, 4) is 0 Å². The monoisotopic (exact) mass is 310 g/mol. The summed E-state index contributed by atoms with van der Waals surface area (Å²) in [6.07, 6.45) is 1.28. The van der Waals surface area contributed by atoms with Gasteiger partial charge < -0.3 is 14.8 Å². The quantitative estimate of drug-likeness (QED) is 0.723. The average molecular weight is 310 g/mol. The molecule has 1 aromatic carbocycles. The average Bonchev–Trinajstić information content (AvgIpc) is 2.54. The molecule has 0 radical (unpaired) electrons. The summed E-state index contributed by atoms with van der Waals surface area (Å²) in [4.78, 5) is 22.2. The van der Waals surface area contributed by atoms with E-state index >= 15 is 0 Å². The number of benzene rings is 1. The topological polar surface area (TPSA) is 99.9 Å². The standard InChI is InChI=1S/C14H19N3O5/c1-21-14(18)16-11-2-3-12(13(8-11)17(19)20)15-9-10-4-6-22-7-5-10/h2-3,8,10,15H,4-7,9H2,1H3,(H-,16,18,19,20)/p+1. The molecule has 1 heterocycles. The molecule has 3 N–H and O–H groups in total. The Labute approximate surface area is 127 Å². The highest BCUT2D eigenvalue weighted by Gasteiger charge is 2.21. The summed E-state index contributed by atoms with van der Waals surface area (Å²) >= 11 is 0. The number of methoxy groups -OCH3 is 1. The Bertz CT molecular complexity index is 543.